The number of hydrogen-bond acceptors (Lipinski definition) is 4. The van der Waals surface area contributed by atoms with Gasteiger partial charge in [-0.3, -0.25) is 0 Å². The van der Waals surface area contributed by atoms with Crippen LogP contribution in [0.15, 0.2) is 29.2 Å². The average molecular weight is 386 g/mol. The Balaban J connectivity index is 1.92. The Labute approximate surface area is 155 Å². The molecular formula is C18H27FN2O4S. The first-order valence-corrected chi connectivity index (χ1v) is 10.3. The molecule has 1 aliphatic heterocycles. The minimum Gasteiger partial charge on any atom is -0.443 e. The molecule has 0 radical (unpaired) electrons. The van der Waals surface area contributed by atoms with Crippen LogP contribution < -0.4 is 0 Å². The largest absolute Gasteiger partial charge is 0.443 e. The highest BCUT2D eigenvalue weighted by Crippen LogP contribution is 2.21. The van der Waals surface area contributed by atoms with Crippen LogP contribution in [0.2, 0.25) is 0 Å². The highest BCUT2D eigenvalue weighted by atomic mass is 32.2. The van der Waals surface area contributed by atoms with Crippen molar-refractivity contribution >= 4 is 16.1 Å². The van der Waals surface area contributed by atoms with E-state index in [4.69, 9.17) is 4.74 Å². The second-order valence-electron chi connectivity index (χ2n) is 7.21. The van der Waals surface area contributed by atoms with Gasteiger partial charge in [0.2, 0.25) is 10.0 Å². The summed E-state index contributed by atoms with van der Waals surface area (Å²) in [6.45, 7) is 5.13. The number of nitrogens with zero attached hydrogens (tertiary/aromatic N) is 2. The molecule has 0 atom stereocenters. The van der Waals surface area contributed by atoms with Crippen molar-refractivity contribution in [1.29, 1.82) is 0 Å². The van der Waals surface area contributed by atoms with E-state index in [9.17, 15) is 17.6 Å². The highest BCUT2D eigenvalue weighted by molar-refractivity contribution is 7.89. The number of benzene rings is 1. The van der Waals surface area contributed by atoms with E-state index in [1.165, 1.54) is 23.5 Å². The third-order valence-electron chi connectivity index (χ3n) is 4.53. The van der Waals surface area contributed by atoms with Crippen LogP contribution in [-0.2, 0) is 14.8 Å². The van der Waals surface area contributed by atoms with E-state index in [-0.39, 0.29) is 17.5 Å². The molecule has 146 valence electrons. The van der Waals surface area contributed by atoms with E-state index in [1.54, 1.807) is 18.7 Å². The van der Waals surface area contributed by atoms with Crippen molar-refractivity contribution in [2.75, 3.05) is 26.7 Å². The van der Waals surface area contributed by atoms with Gasteiger partial charge in [0.25, 0.3) is 0 Å². The molecule has 0 N–H and O–H groups in total. The second kappa shape index (κ2) is 8.35. The maximum Gasteiger partial charge on any atom is 0.410 e. The van der Waals surface area contributed by atoms with Crippen molar-refractivity contribution in [3.63, 3.8) is 0 Å². The summed E-state index contributed by atoms with van der Waals surface area (Å²) in [5.41, 5.74) is -0.791. The van der Waals surface area contributed by atoms with Crippen molar-refractivity contribution in [3.8, 4) is 0 Å². The molecule has 0 aliphatic carbocycles. The van der Waals surface area contributed by atoms with Crippen LogP contribution in [0.4, 0.5) is 9.18 Å². The zero-order chi connectivity index (χ0) is 19.4. The van der Waals surface area contributed by atoms with Crippen LogP contribution >= 0.6 is 0 Å². The maximum atomic E-state index is 13.0. The first-order valence-electron chi connectivity index (χ1n) is 8.82. The second-order valence-corrected chi connectivity index (χ2v) is 9.25. The minimum absolute atomic E-state index is 0.0320. The monoisotopic (exact) mass is 386 g/mol. The molecule has 6 nitrogen and oxygen atoms in total. The fraction of sp³-hybridized carbons (Fsp3) is 0.611. The molecule has 0 unspecified atom stereocenters. The summed E-state index contributed by atoms with van der Waals surface area (Å²) in [6.07, 6.45) is 3.09. The zero-order valence-electron chi connectivity index (χ0n) is 15.6. The maximum absolute atomic E-state index is 13.0. The fourth-order valence-electron chi connectivity index (χ4n) is 2.76. The van der Waals surface area contributed by atoms with Gasteiger partial charge in [-0.1, -0.05) is 0 Å². The van der Waals surface area contributed by atoms with Gasteiger partial charge in [-0.05, 0) is 57.4 Å². The van der Waals surface area contributed by atoms with Crippen LogP contribution in [0.3, 0.4) is 0 Å². The molecule has 0 saturated carbocycles. The van der Waals surface area contributed by atoms with Gasteiger partial charge in [0.05, 0.1) is 4.90 Å². The lowest BCUT2D eigenvalue weighted by atomic mass is 10.1. The van der Waals surface area contributed by atoms with Gasteiger partial charge in [-0.2, -0.15) is 0 Å². The van der Waals surface area contributed by atoms with Gasteiger partial charge in [-0.15, -0.1) is 0 Å². The molecule has 8 heteroatoms. The third kappa shape index (κ3) is 5.41. The van der Waals surface area contributed by atoms with Crippen molar-refractivity contribution in [2.24, 2.45) is 0 Å². The van der Waals surface area contributed by atoms with Crippen molar-refractivity contribution in [3.05, 3.63) is 30.1 Å². The van der Waals surface area contributed by atoms with Crippen molar-refractivity contribution in [2.45, 2.75) is 50.0 Å². The number of piperidine rings is 1. The van der Waals surface area contributed by atoms with Gasteiger partial charge in [-0.25, -0.2) is 21.9 Å². The summed E-state index contributed by atoms with van der Waals surface area (Å²) in [7, 11) is -2.25. The third-order valence-corrected chi connectivity index (χ3v) is 6.40. The standard InChI is InChI=1S/C18H27FN2O4S/c1-18(2,25-17(22)21-12-5-4-6-13-21)11-14-20(3)26(23,24)16-9-7-15(19)8-10-16/h7-10H,4-6,11-14H2,1-3H3. The number of carbonyl (C=O) groups is 1. The molecular weight excluding hydrogens is 359 g/mol. The number of amides is 1. The van der Waals surface area contributed by atoms with Gasteiger partial charge >= 0.3 is 6.09 Å². The number of sulfonamides is 1. The van der Waals surface area contributed by atoms with E-state index >= 15 is 0 Å². The molecule has 0 aromatic heterocycles. The van der Waals surface area contributed by atoms with Gasteiger partial charge in [0.15, 0.2) is 0 Å². The van der Waals surface area contributed by atoms with Gasteiger partial charge in [0.1, 0.15) is 11.4 Å². The summed E-state index contributed by atoms with van der Waals surface area (Å²) in [5.74, 6) is -0.489. The quantitative estimate of drug-likeness (QED) is 0.753. The number of likely N-dealkylation sites (tertiary alicyclic amines) is 1. The zero-order valence-corrected chi connectivity index (χ0v) is 16.4. The lowest BCUT2D eigenvalue weighted by Gasteiger charge is -2.32. The smallest absolute Gasteiger partial charge is 0.410 e. The summed E-state index contributed by atoms with van der Waals surface area (Å²) < 4.78 is 44.8. The highest BCUT2D eigenvalue weighted by Gasteiger charge is 2.29. The number of halogens is 1. The van der Waals surface area contributed by atoms with E-state index < -0.39 is 21.4 Å². The Morgan fingerprint density at radius 2 is 1.77 bits per heavy atom. The Kier molecular flexibility index (Phi) is 6.63. The van der Waals surface area contributed by atoms with Crippen molar-refractivity contribution < 1.29 is 22.3 Å². The Bertz CT molecular complexity index is 713. The SMILES string of the molecule is CN(CCC(C)(C)OC(=O)N1CCCCC1)S(=O)(=O)c1ccc(F)cc1. The number of rotatable bonds is 6. The van der Waals surface area contributed by atoms with E-state index in [0.29, 0.717) is 19.5 Å². The molecule has 1 saturated heterocycles. The molecule has 1 fully saturated rings. The van der Waals surface area contributed by atoms with Gasteiger partial charge in [0, 0.05) is 33.1 Å². The molecule has 1 aliphatic rings. The predicted molar refractivity (Wildman–Crippen MR) is 96.8 cm³/mol. The molecule has 2 rings (SSSR count). The van der Waals surface area contributed by atoms with E-state index in [0.717, 1.165) is 31.4 Å². The van der Waals surface area contributed by atoms with E-state index in [1.807, 2.05) is 0 Å². The average Bonchev–Trinajstić information content (AvgIpc) is 2.60. The Morgan fingerprint density at radius 1 is 1.19 bits per heavy atom. The molecule has 26 heavy (non-hydrogen) atoms. The molecule has 1 amide bonds. The molecule has 0 spiro atoms. The van der Waals surface area contributed by atoms with Crippen molar-refractivity contribution in [1.82, 2.24) is 9.21 Å². The summed E-state index contributed by atoms with van der Waals surface area (Å²) in [5, 5.41) is 0. The summed E-state index contributed by atoms with van der Waals surface area (Å²) >= 11 is 0. The minimum atomic E-state index is -3.71. The predicted octanol–water partition coefficient (Wildman–Crippen LogP) is 3.24. The van der Waals surface area contributed by atoms with Crippen LogP contribution in [0.1, 0.15) is 39.5 Å². The topological polar surface area (TPSA) is 66.9 Å². The number of ether oxygens (including phenoxy) is 1. The molecule has 1 aromatic carbocycles. The molecule has 1 heterocycles. The normalized spacial score (nSPS) is 16.0. The Hall–Kier alpha value is -1.67. The lowest BCUT2D eigenvalue weighted by molar-refractivity contribution is 0.00403. The van der Waals surface area contributed by atoms with Crippen LogP contribution in [0.5, 0.6) is 0 Å². The molecule has 1 aromatic rings. The first kappa shape index (κ1) is 20.6. The van der Waals surface area contributed by atoms with Gasteiger partial charge < -0.3 is 9.64 Å². The van der Waals surface area contributed by atoms with Crippen LogP contribution in [0, 0.1) is 5.82 Å². The van der Waals surface area contributed by atoms with Crippen LogP contribution in [-0.4, -0.2) is 56.0 Å². The lowest BCUT2D eigenvalue weighted by Crippen LogP contribution is -2.42. The number of hydrogen-bond donors (Lipinski definition) is 0. The first-order chi connectivity index (χ1) is 12.1. The fourth-order valence-corrected chi connectivity index (χ4v) is 3.93. The number of carbonyl (C=O) groups excluding carboxylic acids is 1. The summed E-state index contributed by atoms with van der Waals surface area (Å²) in [4.78, 5) is 14.0. The van der Waals surface area contributed by atoms with Crippen LogP contribution in [0.25, 0.3) is 0 Å². The van der Waals surface area contributed by atoms with E-state index in [2.05, 4.69) is 0 Å². The summed E-state index contributed by atoms with van der Waals surface area (Å²) in [6, 6.07) is 4.71. The Morgan fingerprint density at radius 3 is 2.35 bits per heavy atom. The molecule has 0 bridgehead atoms.